The molecule has 0 aliphatic heterocycles. The van der Waals surface area contributed by atoms with E-state index < -0.39 is 0 Å². The lowest BCUT2D eigenvalue weighted by molar-refractivity contribution is 0.0400. The molecule has 71 valence electrons. The zero-order chi connectivity index (χ0) is 8.84. The van der Waals surface area contributed by atoms with E-state index in [9.17, 15) is 0 Å². The minimum absolute atomic E-state index is 1.01. The van der Waals surface area contributed by atoms with Crippen LogP contribution in [0.1, 0.15) is 38.5 Å². The summed E-state index contributed by atoms with van der Waals surface area (Å²) in [4.78, 5) is 0. The van der Waals surface area contributed by atoms with Gasteiger partial charge in [-0.05, 0) is 68.1 Å². The van der Waals surface area contributed by atoms with Crippen LogP contribution >= 0.6 is 0 Å². The Morgan fingerprint density at radius 2 is 1.54 bits per heavy atom. The molecule has 0 spiro atoms. The minimum atomic E-state index is 1.01. The smallest absolute Gasteiger partial charge is 0.0141 e. The molecule has 4 bridgehead atoms. The zero-order valence-electron chi connectivity index (χ0n) is 8.34. The third kappa shape index (κ3) is 1.18. The molecule has 0 atom stereocenters. The van der Waals surface area contributed by atoms with Crippen molar-refractivity contribution in [1.82, 2.24) is 0 Å². The fourth-order valence-corrected chi connectivity index (χ4v) is 4.29. The van der Waals surface area contributed by atoms with Gasteiger partial charge in [-0.25, -0.2) is 0 Å². The summed E-state index contributed by atoms with van der Waals surface area (Å²) < 4.78 is 0. The van der Waals surface area contributed by atoms with Gasteiger partial charge >= 0.3 is 0 Å². The van der Waals surface area contributed by atoms with E-state index in [0.717, 1.165) is 23.7 Å². The van der Waals surface area contributed by atoms with Gasteiger partial charge in [0.15, 0.2) is 0 Å². The minimum Gasteiger partial charge on any atom is -0.103 e. The largest absolute Gasteiger partial charge is 0.103 e. The van der Waals surface area contributed by atoms with Crippen LogP contribution in [0.5, 0.6) is 0 Å². The van der Waals surface area contributed by atoms with E-state index in [1.54, 1.807) is 6.42 Å². The van der Waals surface area contributed by atoms with Gasteiger partial charge in [-0.15, -0.1) is 6.58 Å². The van der Waals surface area contributed by atoms with Gasteiger partial charge in [0.05, 0.1) is 0 Å². The van der Waals surface area contributed by atoms with E-state index >= 15 is 0 Å². The van der Waals surface area contributed by atoms with Crippen LogP contribution in [-0.4, -0.2) is 0 Å². The highest BCUT2D eigenvalue weighted by atomic mass is 14.5. The van der Waals surface area contributed by atoms with Crippen LogP contribution in [0.3, 0.4) is 0 Å². The average molecular weight is 175 g/mol. The number of allylic oxidation sites excluding steroid dienone is 1. The van der Waals surface area contributed by atoms with E-state index in [4.69, 9.17) is 0 Å². The summed E-state index contributed by atoms with van der Waals surface area (Å²) in [6.45, 7) is 3.89. The van der Waals surface area contributed by atoms with Crippen LogP contribution < -0.4 is 0 Å². The molecule has 0 aromatic carbocycles. The molecule has 4 saturated carbocycles. The van der Waals surface area contributed by atoms with Crippen molar-refractivity contribution in [3.8, 4) is 0 Å². The molecule has 0 N–H and O–H groups in total. The maximum atomic E-state index is 3.89. The molecule has 0 unspecified atom stereocenters. The second-order valence-corrected chi connectivity index (χ2v) is 5.37. The average Bonchev–Trinajstić information content (AvgIpc) is 2.10. The lowest BCUT2D eigenvalue weighted by atomic mass is 9.51. The van der Waals surface area contributed by atoms with Crippen LogP contribution in [-0.2, 0) is 0 Å². The molecule has 0 nitrogen and oxygen atoms in total. The second kappa shape index (κ2) is 2.87. The number of hydrogen-bond donors (Lipinski definition) is 0. The first-order valence-electron chi connectivity index (χ1n) is 5.83. The molecule has 4 rings (SSSR count). The Labute approximate surface area is 81.4 Å². The lowest BCUT2D eigenvalue weighted by Crippen LogP contribution is -2.43. The predicted octanol–water partition coefficient (Wildman–Crippen LogP) is 3.59. The van der Waals surface area contributed by atoms with Gasteiger partial charge in [-0.1, -0.05) is 6.08 Å². The molecule has 0 aromatic heterocycles. The highest BCUT2D eigenvalue weighted by Crippen LogP contribution is 2.58. The van der Waals surface area contributed by atoms with Crippen molar-refractivity contribution >= 4 is 0 Å². The Bertz CT molecular complexity index is 188. The molecule has 0 amide bonds. The first kappa shape index (κ1) is 8.08. The van der Waals surface area contributed by atoms with E-state index in [0.29, 0.717) is 0 Å². The highest BCUT2D eigenvalue weighted by Gasteiger charge is 2.47. The Balaban J connectivity index is 1.81. The predicted molar refractivity (Wildman–Crippen MR) is 55.1 cm³/mol. The van der Waals surface area contributed by atoms with Gasteiger partial charge in [0.2, 0.25) is 0 Å². The van der Waals surface area contributed by atoms with E-state index in [2.05, 4.69) is 12.7 Å². The third-order valence-corrected chi connectivity index (χ3v) is 4.57. The fraction of sp³-hybridized carbons (Fsp3) is 0.769. The molecule has 4 aliphatic carbocycles. The molecule has 0 aromatic rings. The van der Waals surface area contributed by atoms with E-state index in [1.165, 1.54) is 32.1 Å². The lowest BCUT2D eigenvalue weighted by Gasteiger charge is -2.54. The van der Waals surface area contributed by atoms with Crippen LogP contribution in [0.4, 0.5) is 0 Å². The van der Waals surface area contributed by atoms with Crippen molar-refractivity contribution < 1.29 is 0 Å². The van der Waals surface area contributed by atoms with Crippen molar-refractivity contribution in [2.24, 2.45) is 23.7 Å². The summed E-state index contributed by atoms with van der Waals surface area (Å²) in [5.41, 5.74) is 0. The summed E-state index contributed by atoms with van der Waals surface area (Å²) in [6.07, 6.45) is 11.0. The summed E-state index contributed by atoms with van der Waals surface area (Å²) >= 11 is 0. The SMILES string of the molecule is C=CC[C]1C2CC3CC(C2)CC1C3. The van der Waals surface area contributed by atoms with Gasteiger partial charge in [-0.3, -0.25) is 0 Å². The molecular weight excluding hydrogens is 156 g/mol. The normalized spacial score (nSPS) is 48.3. The standard InChI is InChI=1S/C13H19/c1-2-3-13-11-5-9-4-10(7-11)8-12(13)6-9/h2,9-12H,1,3-8H2. The summed E-state index contributed by atoms with van der Waals surface area (Å²) in [5, 5.41) is 0. The van der Waals surface area contributed by atoms with Crippen molar-refractivity contribution in [2.75, 3.05) is 0 Å². The summed E-state index contributed by atoms with van der Waals surface area (Å²) in [6, 6.07) is 0. The summed E-state index contributed by atoms with van der Waals surface area (Å²) in [7, 11) is 0. The van der Waals surface area contributed by atoms with Crippen molar-refractivity contribution in [1.29, 1.82) is 0 Å². The van der Waals surface area contributed by atoms with Crippen LogP contribution in [0.15, 0.2) is 12.7 Å². The van der Waals surface area contributed by atoms with Crippen molar-refractivity contribution in [3.05, 3.63) is 18.6 Å². The quantitative estimate of drug-likeness (QED) is 0.563. The van der Waals surface area contributed by atoms with Gasteiger partial charge in [-0.2, -0.15) is 0 Å². The fourth-order valence-electron chi connectivity index (χ4n) is 4.29. The topological polar surface area (TPSA) is 0 Å². The third-order valence-electron chi connectivity index (χ3n) is 4.57. The second-order valence-electron chi connectivity index (χ2n) is 5.37. The highest BCUT2D eigenvalue weighted by molar-refractivity contribution is 5.15. The molecular formula is C13H19. The van der Waals surface area contributed by atoms with Gasteiger partial charge < -0.3 is 0 Å². The van der Waals surface area contributed by atoms with Crippen molar-refractivity contribution in [2.45, 2.75) is 38.5 Å². The Morgan fingerprint density at radius 1 is 1.00 bits per heavy atom. The monoisotopic (exact) mass is 175 g/mol. The molecule has 4 fully saturated rings. The summed E-state index contributed by atoms with van der Waals surface area (Å²) in [5.74, 6) is 6.11. The molecule has 1 radical (unpaired) electrons. The van der Waals surface area contributed by atoms with Gasteiger partial charge in [0.1, 0.15) is 0 Å². The Hall–Kier alpha value is -0.260. The number of hydrogen-bond acceptors (Lipinski definition) is 0. The van der Waals surface area contributed by atoms with Crippen LogP contribution in [0, 0.1) is 29.6 Å². The Kier molecular flexibility index (Phi) is 1.78. The molecule has 4 aliphatic rings. The van der Waals surface area contributed by atoms with E-state index in [1.807, 2.05) is 5.92 Å². The molecule has 0 heteroatoms. The molecule has 0 heterocycles. The zero-order valence-corrected chi connectivity index (χ0v) is 8.34. The first-order chi connectivity index (χ1) is 6.36. The maximum absolute atomic E-state index is 3.89. The van der Waals surface area contributed by atoms with E-state index in [-0.39, 0.29) is 0 Å². The Morgan fingerprint density at radius 3 is 2.00 bits per heavy atom. The van der Waals surface area contributed by atoms with Gasteiger partial charge in [0.25, 0.3) is 0 Å². The first-order valence-corrected chi connectivity index (χ1v) is 5.83. The molecule has 0 saturated heterocycles. The van der Waals surface area contributed by atoms with Gasteiger partial charge in [0, 0.05) is 0 Å². The number of rotatable bonds is 2. The van der Waals surface area contributed by atoms with Crippen molar-refractivity contribution in [3.63, 3.8) is 0 Å². The molecule has 13 heavy (non-hydrogen) atoms. The van der Waals surface area contributed by atoms with Crippen LogP contribution in [0.25, 0.3) is 0 Å². The maximum Gasteiger partial charge on any atom is -0.0141 e. The van der Waals surface area contributed by atoms with Crippen LogP contribution in [0.2, 0.25) is 0 Å².